The predicted octanol–water partition coefficient (Wildman–Crippen LogP) is 2.46. The van der Waals surface area contributed by atoms with Crippen LogP contribution in [0.2, 0.25) is 0 Å². The maximum Gasteiger partial charge on any atom is 0.0148 e. The lowest BCUT2D eigenvalue weighted by Gasteiger charge is -2.22. The van der Waals surface area contributed by atoms with E-state index in [1.807, 2.05) is 0 Å². The first kappa shape index (κ1) is 6.79. The Hall–Kier alpha value is -0.330. The van der Waals surface area contributed by atoms with Crippen LogP contribution in [-0.2, 0) is 0 Å². The van der Waals surface area contributed by atoms with E-state index >= 15 is 0 Å². The van der Waals surface area contributed by atoms with Crippen LogP contribution in [0.4, 0.5) is 0 Å². The zero-order valence-electron chi connectivity index (χ0n) is 6.49. The minimum absolute atomic E-state index is 0.194. The molecule has 1 atom stereocenters. The summed E-state index contributed by atoms with van der Waals surface area (Å²) in [5, 5.41) is 7.58. The Bertz CT molecular complexity index is 136. The van der Waals surface area contributed by atoms with Gasteiger partial charge in [0.05, 0.1) is 0 Å². The standard InChI is InChI=1S/C8H15N/c1-6-4-5-7(9)8(6,2)3/h6,9H,4-5H2,1-3H3/t6-/m1/s1. The quantitative estimate of drug-likeness (QED) is 0.514. The van der Waals surface area contributed by atoms with Crippen molar-refractivity contribution < 1.29 is 0 Å². The fourth-order valence-corrected chi connectivity index (χ4v) is 1.34. The van der Waals surface area contributed by atoms with Crippen LogP contribution in [0.5, 0.6) is 0 Å². The summed E-state index contributed by atoms with van der Waals surface area (Å²) >= 11 is 0. The fraction of sp³-hybridized carbons (Fsp3) is 0.875. The lowest BCUT2D eigenvalue weighted by molar-refractivity contribution is 0.363. The molecule has 1 fully saturated rings. The second-order valence-corrected chi connectivity index (χ2v) is 3.64. The van der Waals surface area contributed by atoms with Gasteiger partial charge in [0.25, 0.3) is 0 Å². The van der Waals surface area contributed by atoms with Crippen molar-refractivity contribution >= 4 is 5.71 Å². The fourth-order valence-electron chi connectivity index (χ4n) is 1.34. The first-order valence-corrected chi connectivity index (χ1v) is 3.63. The third kappa shape index (κ3) is 0.887. The molecule has 1 aliphatic rings. The topological polar surface area (TPSA) is 23.9 Å². The molecule has 0 aliphatic heterocycles. The Morgan fingerprint density at radius 1 is 1.56 bits per heavy atom. The maximum absolute atomic E-state index is 7.58. The molecule has 9 heavy (non-hydrogen) atoms. The zero-order chi connectivity index (χ0) is 7.07. The molecule has 0 unspecified atom stereocenters. The maximum atomic E-state index is 7.58. The van der Waals surface area contributed by atoms with E-state index < -0.39 is 0 Å². The Labute approximate surface area is 57.0 Å². The normalized spacial score (nSPS) is 33.2. The van der Waals surface area contributed by atoms with Gasteiger partial charge in [-0.05, 0) is 18.8 Å². The summed E-state index contributed by atoms with van der Waals surface area (Å²) in [5.41, 5.74) is 1.13. The van der Waals surface area contributed by atoms with Gasteiger partial charge in [-0.2, -0.15) is 0 Å². The summed E-state index contributed by atoms with van der Waals surface area (Å²) in [5.74, 6) is 0.713. The SMILES string of the molecule is C[C@@H]1CCC(=N)C1(C)C. The van der Waals surface area contributed by atoms with Crippen molar-refractivity contribution in [3.8, 4) is 0 Å². The third-order valence-corrected chi connectivity index (χ3v) is 2.84. The van der Waals surface area contributed by atoms with Crippen molar-refractivity contribution in [1.82, 2.24) is 0 Å². The Balaban J connectivity index is 2.78. The second-order valence-electron chi connectivity index (χ2n) is 3.64. The highest BCUT2D eigenvalue weighted by atomic mass is 14.5. The second kappa shape index (κ2) is 1.83. The Morgan fingerprint density at radius 3 is 2.22 bits per heavy atom. The molecule has 0 spiro atoms. The molecular formula is C8H15N. The number of rotatable bonds is 0. The van der Waals surface area contributed by atoms with Gasteiger partial charge in [0, 0.05) is 11.1 Å². The van der Waals surface area contributed by atoms with Gasteiger partial charge in [-0.15, -0.1) is 0 Å². The molecule has 0 amide bonds. The summed E-state index contributed by atoms with van der Waals surface area (Å²) < 4.78 is 0. The molecule has 1 saturated carbocycles. The van der Waals surface area contributed by atoms with E-state index in [1.54, 1.807) is 0 Å². The van der Waals surface area contributed by atoms with Gasteiger partial charge >= 0.3 is 0 Å². The molecule has 0 aromatic rings. The molecule has 0 saturated heterocycles. The van der Waals surface area contributed by atoms with Crippen LogP contribution < -0.4 is 0 Å². The first-order valence-electron chi connectivity index (χ1n) is 3.63. The summed E-state index contributed by atoms with van der Waals surface area (Å²) in [4.78, 5) is 0. The molecule has 52 valence electrons. The van der Waals surface area contributed by atoms with Crippen molar-refractivity contribution in [3.63, 3.8) is 0 Å². The number of hydrogen-bond donors (Lipinski definition) is 1. The van der Waals surface area contributed by atoms with Crippen LogP contribution in [0.15, 0.2) is 0 Å². The zero-order valence-corrected chi connectivity index (χ0v) is 6.49. The molecule has 0 aromatic heterocycles. The van der Waals surface area contributed by atoms with E-state index in [9.17, 15) is 0 Å². The van der Waals surface area contributed by atoms with Crippen LogP contribution in [0.1, 0.15) is 33.6 Å². The van der Waals surface area contributed by atoms with Gasteiger partial charge in [-0.3, -0.25) is 0 Å². The van der Waals surface area contributed by atoms with E-state index in [2.05, 4.69) is 20.8 Å². The lowest BCUT2D eigenvalue weighted by atomic mass is 9.82. The minimum Gasteiger partial charge on any atom is -0.309 e. The Morgan fingerprint density at radius 2 is 2.11 bits per heavy atom. The number of nitrogens with one attached hydrogen (secondary N) is 1. The van der Waals surface area contributed by atoms with Crippen molar-refractivity contribution in [2.75, 3.05) is 0 Å². The van der Waals surface area contributed by atoms with E-state index in [-0.39, 0.29) is 5.41 Å². The molecule has 1 heteroatoms. The van der Waals surface area contributed by atoms with E-state index in [0.717, 1.165) is 12.1 Å². The van der Waals surface area contributed by atoms with Crippen molar-refractivity contribution in [2.24, 2.45) is 11.3 Å². The van der Waals surface area contributed by atoms with Gasteiger partial charge in [0.15, 0.2) is 0 Å². The molecule has 0 bridgehead atoms. The molecular weight excluding hydrogens is 110 g/mol. The number of hydrogen-bond acceptors (Lipinski definition) is 1. The summed E-state index contributed by atoms with van der Waals surface area (Å²) in [6.07, 6.45) is 2.24. The van der Waals surface area contributed by atoms with Crippen LogP contribution in [0, 0.1) is 16.7 Å². The van der Waals surface area contributed by atoms with Gasteiger partial charge in [0.1, 0.15) is 0 Å². The highest BCUT2D eigenvalue weighted by Crippen LogP contribution is 2.39. The van der Waals surface area contributed by atoms with Crippen molar-refractivity contribution in [2.45, 2.75) is 33.6 Å². The van der Waals surface area contributed by atoms with Crippen LogP contribution in [0.25, 0.3) is 0 Å². The monoisotopic (exact) mass is 125 g/mol. The average Bonchev–Trinajstić information content (AvgIpc) is 1.96. The predicted molar refractivity (Wildman–Crippen MR) is 39.9 cm³/mol. The first-order chi connectivity index (χ1) is 4.05. The highest BCUT2D eigenvalue weighted by molar-refractivity contribution is 5.88. The van der Waals surface area contributed by atoms with Gasteiger partial charge < -0.3 is 5.41 Å². The Kier molecular flexibility index (Phi) is 1.38. The van der Waals surface area contributed by atoms with Gasteiger partial charge in [-0.1, -0.05) is 20.8 Å². The molecule has 0 radical (unpaired) electrons. The smallest absolute Gasteiger partial charge is 0.0148 e. The van der Waals surface area contributed by atoms with Crippen LogP contribution in [0.3, 0.4) is 0 Å². The van der Waals surface area contributed by atoms with E-state index in [1.165, 1.54) is 6.42 Å². The third-order valence-electron chi connectivity index (χ3n) is 2.84. The molecule has 1 rings (SSSR count). The molecule has 1 N–H and O–H groups in total. The van der Waals surface area contributed by atoms with Crippen LogP contribution in [-0.4, -0.2) is 5.71 Å². The molecule has 1 nitrogen and oxygen atoms in total. The molecule has 0 heterocycles. The lowest BCUT2D eigenvalue weighted by Crippen LogP contribution is -2.22. The van der Waals surface area contributed by atoms with Gasteiger partial charge in [-0.25, -0.2) is 0 Å². The van der Waals surface area contributed by atoms with Crippen LogP contribution >= 0.6 is 0 Å². The van der Waals surface area contributed by atoms with Crippen molar-refractivity contribution in [1.29, 1.82) is 5.41 Å². The summed E-state index contributed by atoms with van der Waals surface area (Å²) in [6, 6.07) is 0. The molecule has 0 aromatic carbocycles. The molecule has 1 aliphatic carbocycles. The van der Waals surface area contributed by atoms with E-state index in [4.69, 9.17) is 5.41 Å². The average molecular weight is 125 g/mol. The largest absolute Gasteiger partial charge is 0.309 e. The summed E-state index contributed by atoms with van der Waals surface area (Å²) in [7, 11) is 0. The van der Waals surface area contributed by atoms with E-state index in [0.29, 0.717) is 5.92 Å². The summed E-state index contributed by atoms with van der Waals surface area (Å²) in [6.45, 7) is 6.58. The highest BCUT2D eigenvalue weighted by Gasteiger charge is 2.35. The minimum atomic E-state index is 0.194. The van der Waals surface area contributed by atoms with Crippen molar-refractivity contribution in [3.05, 3.63) is 0 Å². The van der Waals surface area contributed by atoms with Gasteiger partial charge in [0.2, 0.25) is 0 Å².